The minimum absolute atomic E-state index is 0.582. The Balaban J connectivity index is 2.35. The van der Waals surface area contributed by atoms with Crippen molar-refractivity contribution >= 4 is 0 Å². The van der Waals surface area contributed by atoms with Crippen molar-refractivity contribution in [1.82, 2.24) is 9.97 Å². The molecule has 90 valence electrons. The number of nitrogens with zero attached hydrogens (tertiary/aromatic N) is 1. The Morgan fingerprint density at radius 2 is 1.82 bits per heavy atom. The normalized spacial score (nSPS) is 10.8. The topological polar surface area (TPSA) is 54.7 Å². The van der Waals surface area contributed by atoms with Crippen molar-refractivity contribution in [3.05, 3.63) is 41.2 Å². The lowest BCUT2D eigenvalue weighted by atomic mass is 10.1. The first kappa shape index (κ1) is 11.9. The van der Waals surface area contributed by atoms with Gasteiger partial charge < -0.3 is 10.7 Å². The van der Waals surface area contributed by atoms with Crippen LogP contribution in [0.1, 0.15) is 30.8 Å². The van der Waals surface area contributed by atoms with E-state index in [2.05, 4.69) is 48.1 Å². The highest BCUT2D eigenvalue weighted by molar-refractivity contribution is 5.56. The van der Waals surface area contributed by atoms with Crippen molar-refractivity contribution in [3.8, 4) is 11.4 Å². The average Bonchev–Trinajstić information content (AvgIpc) is 2.82. The highest BCUT2D eigenvalue weighted by atomic mass is 14.9. The summed E-state index contributed by atoms with van der Waals surface area (Å²) in [6.45, 7) is 4.86. The van der Waals surface area contributed by atoms with Crippen molar-refractivity contribution in [1.29, 1.82) is 0 Å². The number of hydrogen-bond acceptors (Lipinski definition) is 2. The number of aromatic nitrogens is 2. The van der Waals surface area contributed by atoms with E-state index in [-0.39, 0.29) is 0 Å². The highest BCUT2D eigenvalue weighted by Gasteiger charge is 2.08. The molecule has 3 N–H and O–H groups in total. The zero-order valence-electron chi connectivity index (χ0n) is 10.5. The molecule has 1 aromatic carbocycles. The first-order valence-electron chi connectivity index (χ1n) is 6.15. The summed E-state index contributed by atoms with van der Waals surface area (Å²) in [6.07, 6.45) is 1.97. The zero-order valence-corrected chi connectivity index (χ0v) is 10.5. The Kier molecular flexibility index (Phi) is 3.59. The van der Waals surface area contributed by atoms with Crippen molar-refractivity contribution < 1.29 is 0 Å². The van der Waals surface area contributed by atoms with Gasteiger partial charge in [0.05, 0.1) is 5.69 Å². The fourth-order valence-corrected chi connectivity index (χ4v) is 1.97. The molecule has 0 saturated heterocycles. The second-order valence-electron chi connectivity index (χ2n) is 4.12. The second-order valence-corrected chi connectivity index (χ2v) is 4.12. The molecule has 0 saturated carbocycles. The number of nitrogens with one attached hydrogen (secondary N) is 1. The fourth-order valence-electron chi connectivity index (χ4n) is 1.97. The molecule has 0 bridgehead atoms. The van der Waals surface area contributed by atoms with Crippen LogP contribution in [0.15, 0.2) is 24.3 Å². The Morgan fingerprint density at radius 3 is 2.29 bits per heavy atom. The number of benzene rings is 1. The molecule has 0 amide bonds. The van der Waals surface area contributed by atoms with E-state index in [9.17, 15) is 0 Å². The molecule has 0 aliphatic heterocycles. The molecular weight excluding hydrogens is 210 g/mol. The Morgan fingerprint density at radius 1 is 1.12 bits per heavy atom. The van der Waals surface area contributed by atoms with Crippen molar-refractivity contribution in [2.45, 2.75) is 33.2 Å². The summed E-state index contributed by atoms with van der Waals surface area (Å²) in [6, 6.07) is 8.24. The van der Waals surface area contributed by atoms with E-state index in [1.165, 1.54) is 11.4 Å². The summed E-state index contributed by atoms with van der Waals surface area (Å²) in [5.74, 6) is 0.960. The minimum atomic E-state index is 0.582. The summed E-state index contributed by atoms with van der Waals surface area (Å²) in [5.41, 5.74) is 10.3. The minimum Gasteiger partial charge on any atom is -0.342 e. The van der Waals surface area contributed by atoms with Crippen molar-refractivity contribution in [3.63, 3.8) is 0 Å². The summed E-state index contributed by atoms with van der Waals surface area (Å²) < 4.78 is 0. The molecule has 0 spiro atoms. The molecule has 3 nitrogen and oxygen atoms in total. The summed E-state index contributed by atoms with van der Waals surface area (Å²) in [7, 11) is 0. The number of nitrogens with two attached hydrogens (primary N) is 1. The summed E-state index contributed by atoms with van der Waals surface area (Å²) >= 11 is 0. The van der Waals surface area contributed by atoms with Gasteiger partial charge in [0.25, 0.3) is 0 Å². The lowest BCUT2D eigenvalue weighted by molar-refractivity contribution is 0.979. The van der Waals surface area contributed by atoms with Gasteiger partial charge >= 0.3 is 0 Å². The number of aromatic amines is 1. The molecule has 1 heterocycles. The number of rotatable bonds is 4. The van der Waals surface area contributed by atoms with E-state index in [0.717, 1.165) is 29.8 Å². The number of H-pyrrole nitrogens is 1. The fraction of sp³-hybridized carbons (Fsp3) is 0.357. The van der Waals surface area contributed by atoms with Crippen LogP contribution in [-0.2, 0) is 19.4 Å². The Hall–Kier alpha value is -1.61. The first-order valence-corrected chi connectivity index (χ1v) is 6.15. The van der Waals surface area contributed by atoms with Crippen LogP contribution in [0, 0.1) is 0 Å². The number of hydrogen-bond donors (Lipinski definition) is 2. The molecular formula is C14H19N3. The van der Waals surface area contributed by atoms with Crippen LogP contribution >= 0.6 is 0 Å². The van der Waals surface area contributed by atoms with E-state index in [0.29, 0.717) is 6.54 Å². The van der Waals surface area contributed by atoms with Gasteiger partial charge in [-0.3, -0.25) is 0 Å². The molecule has 0 unspecified atom stereocenters. The van der Waals surface area contributed by atoms with E-state index in [4.69, 9.17) is 5.73 Å². The average molecular weight is 229 g/mol. The van der Waals surface area contributed by atoms with Crippen LogP contribution in [0.3, 0.4) is 0 Å². The molecule has 0 aliphatic carbocycles. The molecule has 3 heteroatoms. The number of aryl methyl sites for hydroxylation is 2. The van der Waals surface area contributed by atoms with Gasteiger partial charge in [-0.25, -0.2) is 4.98 Å². The SMILES string of the molecule is CCc1nc(-c2ccc(CN)cc2)[nH]c1CC. The highest BCUT2D eigenvalue weighted by Crippen LogP contribution is 2.19. The van der Waals surface area contributed by atoms with E-state index >= 15 is 0 Å². The maximum absolute atomic E-state index is 5.59. The predicted octanol–water partition coefficient (Wildman–Crippen LogP) is 2.66. The maximum atomic E-state index is 5.59. The van der Waals surface area contributed by atoms with Gasteiger partial charge in [0.15, 0.2) is 0 Å². The van der Waals surface area contributed by atoms with Crippen LogP contribution in [0.25, 0.3) is 11.4 Å². The van der Waals surface area contributed by atoms with E-state index in [1.54, 1.807) is 0 Å². The van der Waals surface area contributed by atoms with Crippen LogP contribution in [0.4, 0.5) is 0 Å². The van der Waals surface area contributed by atoms with Crippen LogP contribution in [0.2, 0.25) is 0 Å². The molecule has 0 atom stereocenters. The van der Waals surface area contributed by atoms with Gasteiger partial charge in [-0.15, -0.1) is 0 Å². The van der Waals surface area contributed by atoms with E-state index < -0.39 is 0 Å². The van der Waals surface area contributed by atoms with Gasteiger partial charge in [-0.05, 0) is 18.4 Å². The molecule has 0 fully saturated rings. The lowest BCUT2D eigenvalue weighted by Gasteiger charge is -1.99. The van der Waals surface area contributed by atoms with Crippen LogP contribution in [-0.4, -0.2) is 9.97 Å². The molecule has 1 aromatic heterocycles. The zero-order chi connectivity index (χ0) is 12.3. The summed E-state index contributed by atoms with van der Waals surface area (Å²) in [4.78, 5) is 8.03. The molecule has 2 aromatic rings. The van der Waals surface area contributed by atoms with Gasteiger partial charge in [-0.2, -0.15) is 0 Å². The Labute approximate surface area is 102 Å². The maximum Gasteiger partial charge on any atom is 0.137 e. The van der Waals surface area contributed by atoms with Gasteiger partial charge in [0.2, 0.25) is 0 Å². The van der Waals surface area contributed by atoms with Gasteiger partial charge in [0, 0.05) is 17.8 Å². The third-order valence-electron chi connectivity index (χ3n) is 3.02. The quantitative estimate of drug-likeness (QED) is 0.846. The molecule has 2 rings (SSSR count). The monoisotopic (exact) mass is 229 g/mol. The van der Waals surface area contributed by atoms with E-state index in [1.807, 2.05) is 0 Å². The van der Waals surface area contributed by atoms with Gasteiger partial charge in [0.1, 0.15) is 5.82 Å². The standard InChI is InChI=1S/C14H19N3/c1-3-12-13(4-2)17-14(16-12)11-7-5-10(9-15)6-8-11/h5-8H,3-4,9,15H2,1-2H3,(H,16,17). The van der Waals surface area contributed by atoms with Gasteiger partial charge in [-0.1, -0.05) is 38.1 Å². The first-order chi connectivity index (χ1) is 8.28. The number of imidazole rings is 1. The van der Waals surface area contributed by atoms with Crippen molar-refractivity contribution in [2.75, 3.05) is 0 Å². The third-order valence-corrected chi connectivity index (χ3v) is 3.02. The van der Waals surface area contributed by atoms with Crippen LogP contribution < -0.4 is 5.73 Å². The van der Waals surface area contributed by atoms with Crippen molar-refractivity contribution in [2.24, 2.45) is 5.73 Å². The van der Waals surface area contributed by atoms with Crippen LogP contribution in [0.5, 0.6) is 0 Å². The molecule has 0 radical (unpaired) electrons. The summed E-state index contributed by atoms with van der Waals surface area (Å²) in [5, 5.41) is 0. The molecule has 0 aliphatic rings. The smallest absolute Gasteiger partial charge is 0.137 e. The lowest BCUT2D eigenvalue weighted by Crippen LogP contribution is -1.95. The predicted molar refractivity (Wildman–Crippen MR) is 70.7 cm³/mol. The molecule has 17 heavy (non-hydrogen) atoms. The third kappa shape index (κ3) is 2.39. The second kappa shape index (κ2) is 5.15. The largest absolute Gasteiger partial charge is 0.342 e. The Bertz CT molecular complexity index is 461.